The first-order valence-electron chi connectivity index (χ1n) is 10.2. The van der Waals surface area contributed by atoms with E-state index in [4.69, 9.17) is 9.26 Å². The third kappa shape index (κ3) is 5.12. The molecular weight excluding hydrogens is 416 g/mol. The summed E-state index contributed by atoms with van der Waals surface area (Å²) in [6.45, 7) is 6.92. The summed E-state index contributed by atoms with van der Waals surface area (Å²) in [5, 5.41) is 7.36. The Morgan fingerprint density at radius 3 is 2.42 bits per heavy atom. The van der Waals surface area contributed by atoms with Gasteiger partial charge in [0.1, 0.15) is 5.75 Å². The summed E-state index contributed by atoms with van der Waals surface area (Å²) in [4.78, 5) is 4.73. The van der Waals surface area contributed by atoms with Crippen LogP contribution in [-0.2, 0) is 16.6 Å². The van der Waals surface area contributed by atoms with Crippen LogP contribution in [0.4, 0.5) is 0 Å². The Morgan fingerprint density at radius 2 is 1.77 bits per heavy atom. The van der Waals surface area contributed by atoms with Gasteiger partial charge in [-0.1, -0.05) is 43.3 Å². The number of benzene rings is 2. The number of aromatic nitrogens is 2. The van der Waals surface area contributed by atoms with Crippen molar-refractivity contribution >= 4 is 10.0 Å². The zero-order valence-electron chi connectivity index (χ0n) is 18.2. The molecule has 166 valence electrons. The van der Waals surface area contributed by atoms with Crippen LogP contribution in [-0.4, -0.2) is 43.1 Å². The fourth-order valence-corrected chi connectivity index (χ4v) is 4.72. The highest BCUT2D eigenvalue weighted by molar-refractivity contribution is 7.89. The number of nitrogens with zero attached hydrogens (tertiary/aromatic N) is 3. The average Bonchev–Trinajstić information content (AvgIpc) is 3.27. The number of rotatable bonds is 10. The smallest absolute Gasteiger partial charge is 0.243 e. The maximum atomic E-state index is 12.6. The van der Waals surface area contributed by atoms with Crippen LogP contribution in [0.15, 0.2) is 57.9 Å². The standard InChI is InChI=1S/C22H28N4O4S/c1-5-26(6-2)31(27,28)18-13-11-17(12-14-18)16(3)23-15-21-24-22(25-30-21)19-9-7-8-10-20(19)29-4/h7-14,16,23H,5-6,15H2,1-4H3. The van der Waals surface area contributed by atoms with Crippen LogP contribution in [0.1, 0.15) is 38.3 Å². The van der Waals surface area contributed by atoms with Crippen LogP contribution in [0, 0.1) is 0 Å². The molecule has 3 rings (SSSR count). The molecule has 1 atom stereocenters. The van der Waals surface area contributed by atoms with Crippen molar-refractivity contribution in [3.8, 4) is 17.1 Å². The van der Waals surface area contributed by atoms with E-state index in [1.54, 1.807) is 19.2 Å². The second kappa shape index (κ2) is 10.0. The first-order valence-corrected chi connectivity index (χ1v) is 11.6. The van der Waals surface area contributed by atoms with Crippen molar-refractivity contribution in [1.82, 2.24) is 19.8 Å². The summed E-state index contributed by atoms with van der Waals surface area (Å²) < 4.78 is 37.4. The second-order valence-electron chi connectivity index (χ2n) is 6.97. The Bertz CT molecular complexity index is 1090. The maximum Gasteiger partial charge on any atom is 0.243 e. The summed E-state index contributed by atoms with van der Waals surface area (Å²) in [7, 11) is -1.86. The molecule has 0 radical (unpaired) electrons. The molecule has 3 aromatic rings. The van der Waals surface area contributed by atoms with Crippen molar-refractivity contribution in [3.63, 3.8) is 0 Å². The molecule has 0 fully saturated rings. The number of hydrogen-bond donors (Lipinski definition) is 1. The average molecular weight is 445 g/mol. The van der Waals surface area contributed by atoms with Gasteiger partial charge in [0.15, 0.2) is 0 Å². The Morgan fingerprint density at radius 1 is 1.10 bits per heavy atom. The van der Waals surface area contributed by atoms with Gasteiger partial charge in [-0.2, -0.15) is 9.29 Å². The van der Waals surface area contributed by atoms with E-state index >= 15 is 0 Å². The highest BCUT2D eigenvalue weighted by atomic mass is 32.2. The number of ether oxygens (including phenoxy) is 1. The van der Waals surface area contributed by atoms with E-state index in [-0.39, 0.29) is 6.04 Å². The van der Waals surface area contributed by atoms with Crippen molar-refractivity contribution in [1.29, 1.82) is 0 Å². The van der Waals surface area contributed by atoms with E-state index < -0.39 is 10.0 Å². The van der Waals surface area contributed by atoms with Gasteiger partial charge in [0.05, 0.1) is 24.1 Å². The molecule has 2 aromatic carbocycles. The Kier molecular flexibility index (Phi) is 7.42. The molecule has 0 aliphatic heterocycles. The van der Waals surface area contributed by atoms with E-state index in [0.29, 0.717) is 42.0 Å². The van der Waals surface area contributed by atoms with Crippen LogP contribution >= 0.6 is 0 Å². The summed E-state index contributed by atoms with van der Waals surface area (Å²) in [6, 6.07) is 14.4. The highest BCUT2D eigenvalue weighted by Crippen LogP contribution is 2.27. The van der Waals surface area contributed by atoms with Crippen LogP contribution in [0.5, 0.6) is 5.75 Å². The maximum absolute atomic E-state index is 12.6. The lowest BCUT2D eigenvalue weighted by Crippen LogP contribution is -2.30. The highest BCUT2D eigenvalue weighted by Gasteiger charge is 2.21. The largest absolute Gasteiger partial charge is 0.496 e. The minimum Gasteiger partial charge on any atom is -0.496 e. The molecule has 0 aliphatic carbocycles. The predicted molar refractivity (Wildman–Crippen MR) is 118 cm³/mol. The molecule has 0 saturated heterocycles. The van der Waals surface area contributed by atoms with Crippen molar-refractivity contribution in [3.05, 3.63) is 60.0 Å². The van der Waals surface area contributed by atoms with Crippen molar-refractivity contribution in [2.24, 2.45) is 0 Å². The lowest BCUT2D eigenvalue weighted by atomic mass is 10.1. The summed E-state index contributed by atoms with van der Waals surface area (Å²) in [5.41, 5.74) is 1.72. The quantitative estimate of drug-likeness (QED) is 0.510. The fourth-order valence-electron chi connectivity index (χ4n) is 3.26. The molecule has 1 unspecified atom stereocenters. The third-order valence-corrected chi connectivity index (χ3v) is 7.16. The van der Waals surface area contributed by atoms with Gasteiger partial charge in [0.2, 0.25) is 21.7 Å². The monoisotopic (exact) mass is 444 g/mol. The molecule has 9 heteroatoms. The molecule has 0 saturated carbocycles. The molecule has 8 nitrogen and oxygen atoms in total. The minimum absolute atomic E-state index is 0.0354. The normalized spacial score (nSPS) is 12.8. The van der Waals surface area contributed by atoms with Crippen molar-refractivity contribution < 1.29 is 17.7 Å². The molecule has 1 aromatic heterocycles. The van der Waals surface area contributed by atoms with Crippen LogP contribution in [0.3, 0.4) is 0 Å². The number of sulfonamides is 1. The van der Waals surface area contributed by atoms with E-state index in [1.165, 1.54) is 4.31 Å². The molecule has 1 heterocycles. The molecular formula is C22H28N4O4S. The summed E-state index contributed by atoms with van der Waals surface area (Å²) >= 11 is 0. The first-order chi connectivity index (χ1) is 14.9. The predicted octanol–water partition coefficient (Wildman–Crippen LogP) is 3.63. The Balaban J connectivity index is 1.65. The van der Waals surface area contributed by atoms with Gasteiger partial charge in [0, 0.05) is 19.1 Å². The minimum atomic E-state index is -3.46. The molecule has 0 amide bonds. The van der Waals surface area contributed by atoms with Gasteiger partial charge >= 0.3 is 0 Å². The lowest BCUT2D eigenvalue weighted by Gasteiger charge is -2.19. The summed E-state index contributed by atoms with van der Waals surface area (Å²) in [6.07, 6.45) is 0. The van der Waals surface area contributed by atoms with E-state index in [1.807, 2.05) is 57.2 Å². The number of methoxy groups -OCH3 is 1. The number of nitrogens with one attached hydrogen (secondary N) is 1. The number of hydrogen-bond acceptors (Lipinski definition) is 7. The van der Waals surface area contributed by atoms with E-state index in [2.05, 4.69) is 15.5 Å². The Hall–Kier alpha value is -2.75. The molecule has 31 heavy (non-hydrogen) atoms. The van der Waals surface area contributed by atoms with Crippen LogP contribution < -0.4 is 10.1 Å². The molecule has 0 bridgehead atoms. The number of para-hydroxylation sites is 1. The third-order valence-electron chi connectivity index (χ3n) is 5.10. The van der Waals surface area contributed by atoms with Gasteiger partial charge in [-0.05, 0) is 36.8 Å². The SMILES string of the molecule is CCN(CC)S(=O)(=O)c1ccc(C(C)NCc2nc(-c3ccccc3OC)no2)cc1. The van der Waals surface area contributed by atoms with E-state index in [9.17, 15) is 8.42 Å². The zero-order valence-corrected chi connectivity index (χ0v) is 19.0. The van der Waals surface area contributed by atoms with Gasteiger partial charge in [-0.3, -0.25) is 0 Å². The summed E-state index contributed by atoms with van der Waals surface area (Å²) in [5.74, 6) is 1.59. The van der Waals surface area contributed by atoms with Crippen molar-refractivity contribution in [2.45, 2.75) is 38.3 Å². The Labute approximate surface area is 183 Å². The second-order valence-corrected chi connectivity index (χ2v) is 8.91. The first kappa shape index (κ1) is 22.9. The van der Waals surface area contributed by atoms with E-state index in [0.717, 1.165) is 11.1 Å². The lowest BCUT2D eigenvalue weighted by molar-refractivity contribution is 0.360. The van der Waals surface area contributed by atoms with Crippen molar-refractivity contribution in [2.75, 3.05) is 20.2 Å². The van der Waals surface area contributed by atoms with Gasteiger partial charge in [-0.15, -0.1) is 0 Å². The molecule has 0 aliphatic rings. The van der Waals surface area contributed by atoms with Crippen LogP contribution in [0.25, 0.3) is 11.4 Å². The van der Waals surface area contributed by atoms with Crippen LogP contribution in [0.2, 0.25) is 0 Å². The van der Waals surface area contributed by atoms with Gasteiger partial charge < -0.3 is 14.6 Å². The topological polar surface area (TPSA) is 97.6 Å². The fraction of sp³-hybridized carbons (Fsp3) is 0.364. The molecule has 1 N–H and O–H groups in total. The zero-order chi connectivity index (χ0) is 22.4. The van der Waals surface area contributed by atoms with Gasteiger partial charge in [0.25, 0.3) is 0 Å². The molecule has 0 spiro atoms. The van der Waals surface area contributed by atoms with Gasteiger partial charge in [-0.25, -0.2) is 8.42 Å².